The van der Waals surface area contributed by atoms with Crippen molar-refractivity contribution in [1.82, 2.24) is 10.3 Å². The van der Waals surface area contributed by atoms with Crippen LogP contribution in [0.5, 0.6) is 0 Å². The van der Waals surface area contributed by atoms with Crippen LogP contribution >= 0.6 is 0 Å². The number of aromatic nitrogens is 1. The second-order valence-electron chi connectivity index (χ2n) is 5.73. The molecule has 0 saturated carbocycles. The summed E-state index contributed by atoms with van der Waals surface area (Å²) in [6.07, 6.45) is 1.88. The lowest BCUT2D eigenvalue weighted by atomic mass is 10.1. The highest BCUT2D eigenvalue weighted by atomic mass is 16.3. The second-order valence-corrected chi connectivity index (χ2v) is 5.73. The van der Waals surface area contributed by atoms with Crippen molar-refractivity contribution in [2.45, 2.75) is 45.9 Å². The molecule has 0 amide bonds. The third-order valence-corrected chi connectivity index (χ3v) is 2.54. The normalized spacial score (nSPS) is 11.9. The maximum absolute atomic E-state index is 9.77. The molecule has 1 aromatic heterocycles. The van der Waals surface area contributed by atoms with Crippen molar-refractivity contribution in [3.05, 3.63) is 23.9 Å². The second kappa shape index (κ2) is 6.16. The van der Waals surface area contributed by atoms with Crippen molar-refractivity contribution in [2.75, 3.05) is 18.5 Å². The van der Waals surface area contributed by atoms with Crippen molar-refractivity contribution >= 4 is 5.82 Å². The van der Waals surface area contributed by atoms with Gasteiger partial charge in [0.1, 0.15) is 5.82 Å². The zero-order valence-electron chi connectivity index (χ0n) is 12.1. The lowest BCUT2D eigenvalue weighted by Gasteiger charge is -2.26. The van der Waals surface area contributed by atoms with Crippen LogP contribution in [0.25, 0.3) is 0 Å². The van der Waals surface area contributed by atoms with E-state index in [1.54, 1.807) is 13.8 Å². The summed E-state index contributed by atoms with van der Waals surface area (Å²) in [6.45, 7) is 9.23. The highest BCUT2D eigenvalue weighted by molar-refractivity contribution is 5.38. The van der Waals surface area contributed by atoms with Gasteiger partial charge in [-0.15, -0.1) is 0 Å². The summed E-state index contributed by atoms with van der Waals surface area (Å²) < 4.78 is 0. The molecule has 0 aliphatic heterocycles. The summed E-state index contributed by atoms with van der Waals surface area (Å²) in [5.41, 5.74) is 0.456. The zero-order chi connectivity index (χ0) is 13.8. The van der Waals surface area contributed by atoms with Crippen LogP contribution in [0.3, 0.4) is 0 Å². The van der Waals surface area contributed by atoms with Crippen LogP contribution < -0.4 is 10.2 Å². The van der Waals surface area contributed by atoms with Crippen LogP contribution in [-0.4, -0.2) is 35.3 Å². The van der Waals surface area contributed by atoms with E-state index in [9.17, 15) is 5.11 Å². The van der Waals surface area contributed by atoms with Gasteiger partial charge in [0.15, 0.2) is 0 Å². The number of nitrogens with zero attached hydrogens (tertiary/aromatic N) is 2. The number of nitrogens with one attached hydrogen (secondary N) is 1. The Morgan fingerprint density at radius 1 is 1.39 bits per heavy atom. The fraction of sp³-hybridized carbons (Fsp3) is 0.643. The number of hydrogen-bond donors (Lipinski definition) is 2. The summed E-state index contributed by atoms with van der Waals surface area (Å²) >= 11 is 0. The van der Waals surface area contributed by atoms with Crippen molar-refractivity contribution in [2.24, 2.45) is 0 Å². The van der Waals surface area contributed by atoms with Gasteiger partial charge in [-0.05, 0) is 25.5 Å². The van der Waals surface area contributed by atoms with E-state index in [1.807, 2.05) is 24.2 Å². The molecule has 0 atom stereocenters. The fourth-order valence-electron chi connectivity index (χ4n) is 1.73. The van der Waals surface area contributed by atoms with E-state index in [0.29, 0.717) is 12.6 Å². The molecule has 1 aromatic rings. The summed E-state index contributed by atoms with van der Waals surface area (Å²) in [5, 5.41) is 13.1. The Morgan fingerprint density at radius 3 is 2.50 bits per heavy atom. The molecule has 102 valence electrons. The number of aliphatic hydroxyl groups is 1. The van der Waals surface area contributed by atoms with Gasteiger partial charge in [0.25, 0.3) is 0 Å². The van der Waals surface area contributed by atoms with Crippen LogP contribution in [0.15, 0.2) is 18.3 Å². The molecule has 18 heavy (non-hydrogen) atoms. The van der Waals surface area contributed by atoms with E-state index < -0.39 is 5.60 Å². The highest BCUT2D eigenvalue weighted by Crippen LogP contribution is 2.13. The van der Waals surface area contributed by atoms with Gasteiger partial charge < -0.3 is 15.3 Å². The molecule has 2 N–H and O–H groups in total. The minimum Gasteiger partial charge on any atom is -0.389 e. The first kappa shape index (κ1) is 14.9. The van der Waals surface area contributed by atoms with Crippen LogP contribution in [0.4, 0.5) is 5.82 Å². The molecule has 0 radical (unpaired) electrons. The summed E-state index contributed by atoms with van der Waals surface area (Å²) in [6, 6.07) is 4.53. The maximum Gasteiger partial charge on any atom is 0.128 e. The summed E-state index contributed by atoms with van der Waals surface area (Å²) in [4.78, 5) is 6.37. The SMILES string of the molecule is CC(C)NCc1ccc(N(C)CC(C)(C)O)nc1. The Hall–Kier alpha value is -1.13. The average molecular weight is 251 g/mol. The zero-order valence-corrected chi connectivity index (χ0v) is 12.1. The van der Waals surface area contributed by atoms with Gasteiger partial charge in [-0.25, -0.2) is 4.98 Å². The molecule has 0 aromatic carbocycles. The number of anilines is 1. The Labute approximate surface area is 110 Å². The summed E-state index contributed by atoms with van der Waals surface area (Å²) in [7, 11) is 1.94. The van der Waals surface area contributed by atoms with E-state index in [4.69, 9.17) is 0 Å². The van der Waals surface area contributed by atoms with Gasteiger partial charge in [0, 0.05) is 32.4 Å². The monoisotopic (exact) mass is 251 g/mol. The van der Waals surface area contributed by atoms with E-state index in [-0.39, 0.29) is 0 Å². The van der Waals surface area contributed by atoms with E-state index in [0.717, 1.165) is 12.4 Å². The standard InChI is InChI=1S/C14H25N3O/c1-11(2)15-8-12-6-7-13(16-9-12)17(5)10-14(3,4)18/h6-7,9,11,15,18H,8,10H2,1-5H3. The molecule has 1 rings (SSSR count). The van der Waals surface area contributed by atoms with Crippen LogP contribution in [-0.2, 0) is 6.54 Å². The highest BCUT2D eigenvalue weighted by Gasteiger charge is 2.16. The first-order chi connectivity index (χ1) is 8.28. The lowest BCUT2D eigenvalue weighted by Crippen LogP contribution is -2.36. The number of pyridine rings is 1. The Morgan fingerprint density at radius 2 is 2.06 bits per heavy atom. The van der Waals surface area contributed by atoms with E-state index in [1.165, 1.54) is 5.56 Å². The molecular formula is C14H25N3O. The fourth-order valence-corrected chi connectivity index (χ4v) is 1.73. The van der Waals surface area contributed by atoms with E-state index >= 15 is 0 Å². The maximum atomic E-state index is 9.77. The molecule has 0 aliphatic rings. The van der Waals surface area contributed by atoms with Crippen molar-refractivity contribution in [3.8, 4) is 0 Å². The molecule has 0 saturated heterocycles. The molecule has 0 bridgehead atoms. The molecule has 4 heteroatoms. The quantitative estimate of drug-likeness (QED) is 0.809. The smallest absolute Gasteiger partial charge is 0.128 e. The molecule has 0 unspecified atom stereocenters. The van der Waals surface area contributed by atoms with Gasteiger partial charge in [-0.2, -0.15) is 0 Å². The molecule has 4 nitrogen and oxygen atoms in total. The molecule has 0 fully saturated rings. The minimum absolute atomic E-state index is 0.475. The third-order valence-electron chi connectivity index (χ3n) is 2.54. The molecule has 1 heterocycles. The van der Waals surface area contributed by atoms with Crippen molar-refractivity contribution in [1.29, 1.82) is 0 Å². The van der Waals surface area contributed by atoms with Crippen LogP contribution in [0.2, 0.25) is 0 Å². The first-order valence-corrected chi connectivity index (χ1v) is 6.40. The number of likely N-dealkylation sites (N-methyl/N-ethyl adjacent to an activating group) is 1. The van der Waals surface area contributed by atoms with Gasteiger partial charge in [0.2, 0.25) is 0 Å². The van der Waals surface area contributed by atoms with Crippen LogP contribution in [0, 0.1) is 0 Å². The summed E-state index contributed by atoms with van der Waals surface area (Å²) in [5.74, 6) is 0.880. The third kappa shape index (κ3) is 5.47. The minimum atomic E-state index is -0.714. The predicted octanol–water partition coefficient (Wildman–Crippen LogP) is 1.79. The molecular weight excluding hydrogens is 226 g/mol. The first-order valence-electron chi connectivity index (χ1n) is 6.40. The van der Waals surface area contributed by atoms with Gasteiger partial charge in [-0.1, -0.05) is 19.9 Å². The number of rotatable bonds is 6. The van der Waals surface area contributed by atoms with E-state index in [2.05, 4.69) is 30.2 Å². The van der Waals surface area contributed by atoms with Crippen LogP contribution in [0.1, 0.15) is 33.3 Å². The molecule has 0 spiro atoms. The Kier molecular flexibility index (Phi) is 5.11. The number of hydrogen-bond acceptors (Lipinski definition) is 4. The van der Waals surface area contributed by atoms with Crippen molar-refractivity contribution in [3.63, 3.8) is 0 Å². The van der Waals surface area contributed by atoms with Gasteiger partial charge >= 0.3 is 0 Å². The van der Waals surface area contributed by atoms with Crippen molar-refractivity contribution < 1.29 is 5.11 Å². The Bertz CT molecular complexity index is 354. The largest absolute Gasteiger partial charge is 0.389 e. The van der Waals surface area contributed by atoms with Gasteiger partial charge in [-0.3, -0.25) is 0 Å². The lowest BCUT2D eigenvalue weighted by molar-refractivity contribution is 0.0884. The predicted molar refractivity (Wildman–Crippen MR) is 75.8 cm³/mol. The topological polar surface area (TPSA) is 48.4 Å². The van der Waals surface area contributed by atoms with Gasteiger partial charge in [0.05, 0.1) is 5.60 Å². The Balaban J connectivity index is 2.59. The molecule has 0 aliphatic carbocycles. The average Bonchev–Trinajstić information content (AvgIpc) is 2.24.